The first-order chi connectivity index (χ1) is 26.0. The zero-order valence-corrected chi connectivity index (χ0v) is 37.2. The molecule has 414 valence electrons. The summed E-state index contributed by atoms with van der Waals surface area (Å²) in [6.07, 6.45) is 0. The van der Waals surface area contributed by atoms with Crippen molar-refractivity contribution in [2.45, 2.75) is 0 Å². The van der Waals surface area contributed by atoms with Crippen molar-refractivity contribution >= 4 is 0 Å². The molecule has 60 nitrogen and oxygen atoms in total. The van der Waals surface area contributed by atoms with Crippen molar-refractivity contribution in [2.24, 2.45) is 0 Å². The van der Waals surface area contributed by atoms with E-state index in [4.69, 9.17) is 230 Å². The molecule has 0 aliphatic heterocycles. The predicted molar refractivity (Wildman–Crippen MR) is 155 cm³/mol. The fourth-order valence-corrected chi connectivity index (χ4v) is 0. The maximum Gasteiger partial charge on any atom is 3.00 e. The molecule has 0 saturated heterocycles. The van der Waals surface area contributed by atoms with Gasteiger partial charge in [0.15, 0.2) is 0 Å². The van der Waals surface area contributed by atoms with Crippen LogP contribution in [-0.2, 0) is 102 Å². The Bertz CT molecular complexity index is 792. The van der Waals surface area contributed by atoms with E-state index in [0.29, 0.717) is 0 Å². The minimum Gasteiger partial charge on any atom is -1.00 e. The smallest absolute Gasteiger partial charge is 1.00 e. The molecule has 0 aliphatic carbocycles. The topological polar surface area (TPSA) is 993 Å². The molecule has 0 aromatic heterocycles. The fraction of sp³-hybridized carbons (Fsp3) is 0. The molecule has 0 N–H and O–H groups in total. The zero-order valence-electron chi connectivity index (χ0n) is 28.3. The Morgan fingerprint density at radius 3 is 0.116 bits per heavy atom. The van der Waals surface area contributed by atoms with Crippen LogP contribution < -0.4 is 37.2 Å². The van der Waals surface area contributed by atoms with Gasteiger partial charge >= 0.3 is 102 Å². The summed E-state index contributed by atoms with van der Waals surface area (Å²) in [5.41, 5.74) is 0. The van der Waals surface area contributed by atoms with Crippen LogP contribution >= 0.6 is 0 Å². The molecule has 0 bridgehead atoms. The molecule has 0 unspecified atom stereocenters. The number of nitrogens with zero attached hydrogens (tertiary/aromatic N) is 15. The Morgan fingerprint density at radius 1 is 0.116 bits per heavy atom. The van der Waals surface area contributed by atoms with Crippen LogP contribution in [0.15, 0.2) is 0 Å². The summed E-state index contributed by atoms with van der Waals surface area (Å²) >= 11 is 0. The van der Waals surface area contributed by atoms with Crippen LogP contribution in [0.1, 0.15) is 0 Å². The van der Waals surface area contributed by atoms with E-state index in [9.17, 15) is 0 Å². The maximum atomic E-state index is 8.25. The molecule has 0 fully saturated rings. The summed E-state index contributed by atoms with van der Waals surface area (Å²) in [4.78, 5) is 124. The molecule has 69 heteroatoms. The Labute approximate surface area is 444 Å². The van der Waals surface area contributed by atoms with Crippen LogP contribution in [0.5, 0.6) is 0 Å². The van der Waals surface area contributed by atoms with Crippen LogP contribution in [0.4, 0.5) is 0 Å². The van der Waals surface area contributed by atoms with Gasteiger partial charge in [-0.1, -0.05) is 0 Å². The van der Waals surface area contributed by atoms with Crippen LogP contribution in [0.3, 0.4) is 0 Å². The van der Waals surface area contributed by atoms with Gasteiger partial charge in [-0.15, -0.1) is 0 Å². The van der Waals surface area contributed by atoms with Crippen molar-refractivity contribution in [3.63, 3.8) is 0 Å². The third kappa shape index (κ3) is 3140. The van der Waals surface area contributed by atoms with Gasteiger partial charge in [0.1, 0.15) is 0 Å². The first-order valence-electron chi connectivity index (χ1n) is 8.22. The zero-order chi connectivity index (χ0) is 53.7. The van der Waals surface area contributed by atoms with E-state index in [1.165, 1.54) is 0 Å². The predicted octanol–water partition coefficient (Wildman–Crippen LogP) is -12.6. The monoisotopic (exact) mass is 1370 g/mol. The van der Waals surface area contributed by atoms with Gasteiger partial charge in [-0.05, 0) is 0 Å². The fourth-order valence-electron chi connectivity index (χ4n) is 0. The summed E-state index contributed by atoms with van der Waals surface area (Å²) in [5, 5.41) is 221. The second kappa shape index (κ2) is 153. The van der Waals surface area contributed by atoms with E-state index in [0.717, 1.165) is 0 Å². The molecule has 0 atom stereocenters. The minimum absolute atomic E-state index is 0. The van der Waals surface area contributed by atoms with E-state index in [1.54, 1.807) is 0 Å². The summed E-state index contributed by atoms with van der Waals surface area (Å²) in [6, 6.07) is 0. The first kappa shape index (κ1) is 160. The van der Waals surface area contributed by atoms with Crippen molar-refractivity contribution in [3.8, 4) is 0 Å². The van der Waals surface area contributed by atoms with Crippen LogP contribution in [0.2, 0.25) is 0 Å². The van der Waals surface area contributed by atoms with Crippen LogP contribution in [-0.4, -0.2) is 76.3 Å². The molecular weight excluding hydrogens is 1370 g/mol. The van der Waals surface area contributed by atoms with Crippen molar-refractivity contribution < 1.29 is 216 Å². The van der Waals surface area contributed by atoms with Crippen molar-refractivity contribution in [1.29, 1.82) is 0 Å². The number of hydrogen-bond acceptors (Lipinski definition) is 45. The summed E-state index contributed by atoms with van der Waals surface area (Å²) < 4.78 is 0. The van der Waals surface area contributed by atoms with E-state index in [1.807, 2.05) is 0 Å². The largest absolute Gasteiger partial charge is 3.00 e. The average Bonchev–Trinajstić information content (AvgIpc) is 2.78. The molecule has 0 aromatic rings. The summed E-state index contributed by atoms with van der Waals surface area (Å²) in [7, 11) is 0. The molecule has 0 amide bonds. The third-order valence-electron chi connectivity index (χ3n) is 0. The SMILES string of the molecule is O=[N+]([O-])[O-].O=[N+]([O-])[O-].O=[N+]([O-])[O-].O=[N+]([O-])[O-].O=[N+]([O-])[O-].O=[N+]([O-])[O-].O=[N+]([O-])[O-].O=[N+]([O-])[O-].O=[N+]([O-])[O-].O=[N+]([O-])[O-].O=[N+]([O-])[O-].O=[N+]([O-])[O-].O=[N+]([O-])[O-].O=[N+]([O-])[O-].O=[N+]([O-])[O-].[Cl-].[Cl-].[Cl-].[Fe+3].[Fe+3].[Fe+3].[Fe+3].[Fe+3].[Fe+3]. The second-order valence-corrected chi connectivity index (χ2v) is 3.35. The normalized spacial score (nSPS) is 5.22. The van der Waals surface area contributed by atoms with E-state index >= 15 is 0 Å². The van der Waals surface area contributed by atoms with Crippen molar-refractivity contribution in [1.82, 2.24) is 0 Å². The standard InChI is InChI=1S/3ClH.6Fe.15NO3/c;;;;;;;;;15*2-1(3)4/h3*1H;;;;;;;;;;;;;;;;;;;;;/q;;;6*+3;15*-1/p-3. The summed E-state index contributed by atoms with van der Waals surface area (Å²) in [6.45, 7) is 0. The van der Waals surface area contributed by atoms with Gasteiger partial charge in [0.05, 0.1) is 76.3 Å². The van der Waals surface area contributed by atoms with E-state index in [2.05, 4.69) is 0 Å². The van der Waals surface area contributed by atoms with Crippen molar-refractivity contribution in [3.05, 3.63) is 230 Å². The summed E-state index contributed by atoms with van der Waals surface area (Å²) in [5.74, 6) is 0. The van der Waals surface area contributed by atoms with Gasteiger partial charge in [0, 0.05) is 0 Å². The Balaban J connectivity index is -0.0000000142. The maximum absolute atomic E-state index is 8.25. The van der Waals surface area contributed by atoms with E-state index < -0.39 is 76.3 Å². The van der Waals surface area contributed by atoms with Crippen molar-refractivity contribution in [2.75, 3.05) is 0 Å². The second-order valence-electron chi connectivity index (χ2n) is 3.35. The third-order valence-corrected chi connectivity index (χ3v) is 0. The van der Waals surface area contributed by atoms with E-state index in [-0.39, 0.29) is 140 Å². The van der Waals surface area contributed by atoms with Gasteiger partial charge in [-0.25, -0.2) is 0 Å². The number of halogens is 3. The molecule has 69 heavy (non-hydrogen) atoms. The molecule has 0 spiro atoms. The first-order valence-corrected chi connectivity index (χ1v) is 8.22. The number of hydrogen-bond donors (Lipinski definition) is 0. The molecule has 0 heterocycles. The molecule has 0 aromatic carbocycles. The molecule has 6 radical (unpaired) electrons. The van der Waals surface area contributed by atoms with Gasteiger partial charge in [-0.2, -0.15) is 0 Å². The molecule has 0 aliphatic rings. The Morgan fingerprint density at radius 2 is 0.116 bits per heavy atom. The van der Waals surface area contributed by atoms with Gasteiger partial charge in [-0.3, -0.25) is 0 Å². The average molecular weight is 1370 g/mol. The molecule has 0 rings (SSSR count). The number of rotatable bonds is 0. The van der Waals surface area contributed by atoms with Gasteiger partial charge in [0.25, 0.3) is 0 Å². The quantitative estimate of drug-likeness (QED) is 0.123. The van der Waals surface area contributed by atoms with Crippen LogP contribution in [0.25, 0.3) is 0 Å². The Kier molecular flexibility index (Phi) is 355. The Hall–Kier alpha value is -8.01. The van der Waals surface area contributed by atoms with Gasteiger partial charge in [0.2, 0.25) is 0 Å². The van der Waals surface area contributed by atoms with Gasteiger partial charge < -0.3 is 267 Å². The minimum atomic E-state index is -1.75. The van der Waals surface area contributed by atoms with Crippen LogP contribution in [0, 0.1) is 230 Å². The molecule has 0 saturated carbocycles. The molecular formula is Cl3Fe6N15O45.